The highest BCUT2D eigenvalue weighted by molar-refractivity contribution is 6.30. The molecule has 1 atom stereocenters. The number of allylic oxidation sites excluding steroid dienone is 1. The zero-order valence-electron chi connectivity index (χ0n) is 24.8. The van der Waals surface area contributed by atoms with Crippen LogP contribution < -0.4 is 10.1 Å². The number of likely N-dealkylation sites (tertiary alicyclic amines) is 1. The molecule has 1 N–H and O–H groups in total. The summed E-state index contributed by atoms with van der Waals surface area (Å²) in [5, 5.41) is 10.6. The number of rotatable bonds is 9. The first-order chi connectivity index (χ1) is 20.2. The Labute approximate surface area is 253 Å². The lowest BCUT2D eigenvalue weighted by atomic mass is 9.73. The van der Waals surface area contributed by atoms with Crippen molar-refractivity contribution in [1.82, 2.24) is 15.2 Å². The molecule has 2 aromatic carbocycles. The van der Waals surface area contributed by atoms with Crippen LogP contribution in [0.3, 0.4) is 0 Å². The Morgan fingerprint density at radius 3 is 2.52 bits per heavy atom. The number of nitrogens with zero attached hydrogens (tertiary/aromatic N) is 3. The van der Waals surface area contributed by atoms with Crippen molar-refractivity contribution in [2.45, 2.75) is 26.7 Å². The summed E-state index contributed by atoms with van der Waals surface area (Å²) >= 11 is 6.11. The van der Waals surface area contributed by atoms with Crippen LogP contribution in [0.15, 0.2) is 70.9 Å². The van der Waals surface area contributed by atoms with E-state index in [-0.39, 0.29) is 17.2 Å². The van der Waals surface area contributed by atoms with Crippen LogP contribution in [-0.4, -0.2) is 81.0 Å². The number of carbonyl (C=O) groups excluding carboxylic acids is 2. The Bertz CT molecular complexity index is 1430. The van der Waals surface area contributed by atoms with Crippen LogP contribution in [0.2, 0.25) is 5.02 Å². The Kier molecular flexibility index (Phi) is 9.04. The molecular formula is C33H39ClN4O4. The molecule has 0 radical (unpaired) electrons. The number of nitrogens with one attached hydrogen (secondary N) is 1. The van der Waals surface area contributed by atoms with Crippen LogP contribution in [-0.2, 0) is 9.53 Å². The monoisotopic (exact) mass is 590 g/mol. The number of hydrogen-bond acceptors (Lipinski definition) is 6. The molecule has 1 aliphatic carbocycles. The van der Waals surface area contributed by atoms with E-state index in [1.807, 2.05) is 60.4 Å². The standard InChI is InChI=1S/C33H39ClN4O4/c1-22-27(31(39)35-15-18-41-3)11-12-30-33(22,2)21-38(36-30)20-23-13-16-37(17-14-23)32(40)25-7-5-24(6-8-25)28-10-9-26(34)19-29(28)42-4/h5-12,19,23H,13-18,20-21H2,1-4H3,(H,35,39). The summed E-state index contributed by atoms with van der Waals surface area (Å²) in [5.41, 5.74) is 5.05. The van der Waals surface area contributed by atoms with Crippen LogP contribution in [0.4, 0.5) is 0 Å². The van der Waals surface area contributed by atoms with E-state index >= 15 is 0 Å². The van der Waals surface area contributed by atoms with Gasteiger partial charge in [-0.25, -0.2) is 0 Å². The minimum atomic E-state index is -0.290. The number of piperidine rings is 1. The van der Waals surface area contributed by atoms with E-state index in [9.17, 15) is 9.59 Å². The summed E-state index contributed by atoms with van der Waals surface area (Å²) in [6, 6.07) is 13.2. The van der Waals surface area contributed by atoms with E-state index < -0.39 is 0 Å². The topological polar surface area (TPSA) is 83.5 Å². The summed E-state index contributed by atoms with van der Waals surface area (Å²) in [4.78, 5) is 28.0. The number of halogens is 1. The van der Waals surface area contributed by atoms with Gasteiger partial charge < -0.3 is 19.7 Å². The van der Waals surface area contributed by atoms with Gasteiger partial charge in [0.05, 0.1) is 31.4 Å². The zero-order valence-corrected chi connectivity index (χ0v) is 25.5. The molecule has 1 unspecified atom stereocenters. The maximum absolute atomic E-state index is 13.3. The van der Waals surface area contributed by atoms with E-state index in [0.717, 1.165) is 61.4 Å². The van der Waals surface area contributed by atoms with Crippen LogP contribution >= 0.6 is 11.6 Å². The summed E-state index contributed by atoms with van der Waals surface area (Å²) in [5.74, 6) is 1.14. The van der Waals surface area contributed by atoms with E-state index in [1.165, 1.54) is 0 Å². The van der Waals surface area contributed by atoms with Crippen molar-refractivity contribution < 1.29 is 19.1 Å². The molecule has 2 aliphatic heterocycles. The fraction of sp³-hybridized carbons (Fsp3) is 0.424. The van der Waals surface area contributed by atoms with E-state index in [1.54, 1.807) is 20.3 Å². The Hall–Kier alpha value is -3.62. The Morgan fingerprint density at radius 1 is 1.10 bits per heavy atom. The molecule has 8 nitrogen and oxygen atoms in total. The minimum Gasteiger partial charge on any atom is -0.496 e. The van der Waals surface area contributed by atoms with Gasteiger partial charge in [-0.05, 0) is 86.2 Å². The van der Waals surface area contributed by atoms with Gasteiger partial charge >= 0.3 is 0 Å². The van der Waals surface area contributed by atoms with Gasteiger partial charge in [0, 0.05) is 55.0 Å². The molecule has 222 valence electrons. The van der Waals surface area contributed by atoms with Crippen molar-refractivity contribution in [2.24, 2.45) is 16.4 Å². The lowest BCUT2D eigenvalue weighted by Crippen LogP contribution is -2.41. The van der Waals surface area contributed by atoms with Crippen molar-refractivity contribution in [3.8, 4) is 16.9 Å². The van der Waals surface area contributed by atoms with Crippen LogP contribution in [0, 0.1) is 11.3 Å². The second kappa shape index (κ2) is 12.7. The number of amides is 2. The summed E-state index contributed by atoms with van der Waals surface area (Å²) in [6.07, 6.45) is 5.72. The fourth-order valence-corrected chi connectivity index (χ4v) is 6.23. The molecule has 2 heterocycles. The normalized spacial score (nSPS) is 20.5. The smallest absolute Gasteiger partial charge is 0.253 e. The zero-order chi connectivity index (χ0) is 29.9. The lowest BCUT2D eigenvalue weighted by Gasteiger charge is -2.35. The lowest BCUT2D eigenvalue weighted by molar-refractivity contribution is -0.117. The highest BCUT2D eigenvalue weighted by atomic mass is 35.5. The largest absolute Gasteiger partial charge is 0.496 e. The minimum absolute atomic E-state index is 0.0604. The molecule has 0 spiro atoms. The van der Waals surface area contributed by atoms with E-state index in [2.05, 4.69) is 17.2 Å². The average molecular weight is 591 g/mol. The van der Waals surface area contributed by atoms with Crippen molar-refractivity contribution >= 4 is 29.1 Å². The molecule has 0 bridgehead atoms. The second-order valence-corrected chi connectivity index (χ2v) is 11.9. The molecule has 1 saturated heterocycles. The summed E-state index contributed by atoms with van der Waals surface area (Å²) < 4.78 is 10.5. The van der Waals surface area contributed by atoms with E-state index in [4.69, 9.17) is 26.2 Å². The molecule has 1 fully saturated rings. The van der Waals surface area contributed by atoms with Gasteiger partial charge in [0.2, 0.25) is 0 Å². The Balaban J connectivity index is 1.15. The molecule has 0 aromatic heterocycles. The van der Waals surface area contributed by atoms with Gasteiger partial charge in [-0.2, -0.15) is 5.10 Å². The maximum Gasteiger partial charge on any atom is 0.253 e. The average Bonchev–Trinajstić information content (AvgIpc) is 3.34. The van der Waals surface area contributed by atoms with Crippen LogP contribution in [0.25, 0.3) is 11.1 Å². The fourth-order valence-electron chi connectivity index (χ4n) is 6.06. The number of fused-ring (bicyclic) bond motifs is 1. The van der Waals surface area contributed by atoms with Gasteiger partial charge in [-0.3, -0.25) is 14.6 Å². The first-order valence-electron chi connectivity index (χ1n) is 14.5. The van der Waals surface area contributed by atoms with Crippen LogP contribution in [0.5, 0.6) is 5.75 Å². The molecule has 0 saturated carbocycles. The van der Waals surface area contributed by atoms with Gasteiger partial charge in [-0.1, -0.05) is 23.7 Å². The third-order valence-electron chi connectivity index (χ3n) is 8.77. The second-order valence-electron chi connectivity index (χ2n) is 11.4. The first kappa shape index (κ1) is 29.9. The highest BCUT2D eigenvalue weighted by Gasteiger charge is 2.43. The number of hydrazone groups is 1. The summed E-state index contributed by atoms with van der Waals surface area (Å²) in [7, 11) is 3.24. The molecule has 5 rings (SSSR count). The quantitative estimate of drug-likeness (QED) is 0.406. The van der Waals surface area contributed by atoms with Gasteiger partial charge in [0.15, 0.2) is 0 Å². The molecule has 3 aliphatic rings. The van der Waals surface area contributed by atoms with Gasteiger partial charge in [0.25, 0.3) is 11.8 Å². The third kappa shape index (κ3) is 6.10. The van der Waals surface area contributed by atoms with Gasteiger partial charge in [-0.15, -0.1) is 0 Å². The molecule has 42 heavy (non-hydrogen) atoms. The van der Waals surface area contributed by atoms with Crippen molar-refractivity contribution in [2.75, 3.05) is 53.6 Å². The van der Waals surface area contributed by atoms with E-state index in [0.29, 0.717) is 41.0 Å². The number of benzene rings is 2. The number of ether oxygens (including phenoxy) is 2. The first-order valence-corrected chi connectivity index (χ1v) is 14.8. The number of carbonyl (C=O) groups is 2. The van der Waals surface area contributed by atoms with Gasteiger partial charge in [0.1, 0.15) is 5.75 Å². The maximum atomic E-state index is 13.3. The molecule has 9 heteroatoms. The molecular weight excluding hydrogens is 552 g/mol. The third-order valence-corrected chi connectivity index (χ3v) is 9.00. The predicted octanol–water partition coefficient (Wildman–Crippen LogP) is 5.19. The van der Waals surface area contributed by atoms with Crippen molar-refractivity contribution in [1.29, 1.82) is 0 Å². The highest BCUT2D eigenvalue weighted by Crippen LogP contribution is 2.41. The number of methoxy groups -OCH3 is 2. The predicted molar refractivity (Wildman–Crippen MR) is 166 cm³/mol. The van der Waals surface area contributed by atoms with Crippen molar-refractivity contribution in [3.63, 3.8) is 0 Å². The Morgan fingerprint density at radius 2 is 1.83 bits per heavy atom. The SMILES string of the molecule is COCCNC(=O)C1=C(C)C2(C)CN(CC3CCN(C(=O)c4ccc(-c5ccc(Cl)cc5OC)cc4)CC3)N=C2C=C1. The molecule has 2 aromatic rings. The molecule has 2 amide bonds. The van der Waals surface area contributed by atoms with Crippen LogP contribution in [0.1, 0.15) is 37.0 Å². The summed E-state index contributed by atoms with van der Waals surface area (Å²) in [6.45, 7) is 8.21. The van der Waals surface area contributed by atoms with Crippen molar-refractivity contribution in [3.05, 3.63) is 76.3 Å². The number of hydrogen-bond donors (Lipinski definition) is 1.